The molecular formula is C22H34N2O. The number of rotatable bonds is 4. The minimum Gasteiger partial charge on any atom is -0.490 e. The highest BCUT2D eigenvalue weighted by molar-refractivity contribution is 5.27. The molecule has 3 heteroatoms. The zero-order chi connectivity index (χ0) is 17.0. The van der Waals surface area contributed by atoms with Crippen molar-refractivity contribution in [2.75, 3.05) is 26.2 Å². The van der Waals surface area contributed by atoms with E-state index >= 15 is 0 Å². The number of piperidine rings is 2. The quantitative estimate of drug-likeness (QED) is 0.880. The Kier molecular flexibility index (Phi) is 5.62. The van der Waals surface area contributed by atoms with E-state index in [9.17, 15) is 0 Å². The lowest BCUT2D eigenvalue weighted by Gasteiger charge is -2.45. The predicted molar refractivity (Wildman–Crippen MR) is 103 cm³/mol. The molecular weight excluding hydrogens is 308 g/mol. The number of benzene rings is 1. The third-order valence-corrected chi connectivity index (χ3v) is 6.49. The van der Waals surface area contributed by atoms with Crippen LogP contribution in [0, 0.1) is 5.41 Å². The molecule has 1 aromatic carbocycles. The highest BCUT2D eigenvalue weighted by atomic mass is 16.5. The van der Waals surface area contributed by atoms with Crippen molar-refractivity contribution in [3.8, 4) is 5.75 Å². The van der Waals surface area contributed by atoms with Crippen molar-refractivity contribution in [2.45, 2.75) is 70.4 Å². The van der Waals surface area contributed by atoms with Crippen LogP contribution in [0.5, 0.6) is 5.75 Å². The Morgan fingerprint density at radius 3 is 2.56 bits per heavy atom. The smallest absolute Gasteiger partial charge is 0.119 e. The van der Waals surface area contributed by atoms with Gasteiger partial charge in [-0.05, 0) is 87.6 Å². The number of nitrogens with zero attached hydrogens (tertiary/aromatic N) is 1. The Morgan fingerprint density at radius 1 is 1.00 bits per heavy atom. The van der Waals surface area contributed by atoms with Crippen molar-refractivity contribution in [3.05, 3.63) is 29.8 Å². The van der Waals surface area contributed by atoms with E-state index in [0.29, 0.717) is 11.5 Å². The molecule has 4 rings (SSSR count). The van der Waals surface area contributed by atoms with Crippen LogP contribution in [0.25, 0.3) is 0 Å². The van der Waals surface area contributed by atoms with Crippen LogP contribution in [0.3, 0.4) is 0 Å². The zero-order valence-corrected chi connectivity index (χ0v) is 15.6. The molecule has 1 unspecified atom stereocenters. The number of hydrogen-bond donors (Lipinski definition) is 1. The van der Waals surface area contributed by atoms with Crippen LogP contribution in [0.4, 0.5) is 0 Å². The van der Waals surface area contributed by atoms with Gasteiger partial charge in [-0.15, -0.1) is 0 Å². The van der Waals surface area contributed by atoms with Crippen LogP contribution in [0.1, 0.15) is 63.4 Å². The molecule has 1 saturated carbocycles. The average molecular weight is 343 g/mol. The molecule has 2 aliphatic heterocycles. The van der Waals surface area contributed by atoms with Gasteiger partial charge >= 0.3 is 0 Å². The van der Waals surface area contributed by atoms with Gasteiger partial charge in [0, 0.05) is 19.6 Å². The maximum absolute atomic E-state index is 6.17. The summed E-state index contributed by atoms with van der Waals surface area (Å²) < 4.78 is 6.17. The van der Waals surface area contributed by atoms with Gasteiger partial charge in [0.2, 0.25) is 0 Å². The highest BCUT2D eigenvalue weighted by Gasteiger charge is 2.36. The molecule has 1 aromatic rings. The Labute approximate surface area is 153 Å². The molecule has 0 radical (unpaired) electrons. The first kappa shape index (κ1) is 17.4. The van der Waals surface area contributed by atoms with E-state index in [2.05, 4.69) is 34.5 Å². The second-order valence-corrected chi connectivity index (χ2v) is 8.62. The minimum atomic E-state index is 0.445. The lowest BCUT2D eigenvalue weighted by molar-refractivity contribution is 0.0600. The van der Waals surface area contributed by atoms with E-state index in [4.69, 9.17) is 4.74 Å². The molecule has 138 valence electrons. The third-order valence-electron chi connectivity index (χ3n) is 6.49. The third kappa shape index (κ3) is 4.57. The van der Waals surface area contributed by atoms with Gasteiger partial charge in [-0.1, -0.05) is 18.6 Å². The van der Waals surface area contributed by atoms with Crippen molar-refractivity contribution >= 4 is 0 Å². The van der Waals surface area contributed by atoms with Crippen LogP contribution in [0.2, 0.25) is 0 Å². The standard InChI is InChI=1S/C22H34N2O/c1-2-6-20(7-3-1)25-21-10-8-19(9-11-21)16-24-15-5-13-22(18-24)12-4-14-23-17-22/h8-11,20,23H,1-7,12-18H2. The van der Waals surface area contributed by atoms with Gasteiger partial charge in [0.25, 0.3) is 0 Å². The monoisotopic (exact) mass is 342 g/mol. The lowest BCUT2D eigenvalue weighted by Crippen LogP contribution is -2.50. The molecule has 0 amide bonds. The molecule has 1 atom stereocenters. The molecule has 1 aliphatic carbocycles. The summed E-state index contributed by atoms with van der Waals surface area (Å²) in [5.74, 6) is 1.06. The van der Waals surface area contributed by atoms with Crippen LogP contribution in [-0.2, 0) is 6.54 Å². The maximum Gasteiger partial charge on any atom is 0.119 e. The van der Waals surface area contributed by atoms with Crippen molar-refractivity contribution in [2.24, 2.45) is 5.41 Å². The number of ether oxygens (including phenoxy) is 1. The summed E-state index contributed by atoms with van der Waals surface area (Å²) in [4.78, 5) is 2.67. The summed E-state index contributed by atoms with van der Waals surface area (Å²) in [6.45, 7) is 6.04. The van der Waals surface area contributed by atoms with E-state index in [0.717, 1.165) is 12.3 Å². The van der Waals surface area contributed by atoms with Crippen molar-refractivity contribution in [1.29, 1.82) is 0 Å². The minimum absolute atomic E-state index is 0.445. The Balaban J connectivity index is 1.31. The summed E-state index contributed by atoms with van der Waals surface area (Å²) in [7, 11) is 0. The summed E-state index contributed by atoms with van der Waals surface area (Å²) >= 11 is 0. The van der Waals surface area contributed by atoms with Crippen LogP contribution >= 0.6 is 0 Å². The van der Waals surface area contributed by atoms with Crippen molar-refractivity contribution < 1.29 is 4.74 Å². The molecule has 3 fully saturated rings. The molecule has 0 aromatic heterocycles. The van der Waals surface area contributed by atoms with Gasteiger partial charge in [0.15, 0.2) is 0 Å². The first-order chi connectivity index (χ1) is 12.3. The molecule has 2 heterocycles. The van der Waals surface area contributed by atoms with Gasteiger partial charge in [-0.3, -0.25) is 4.90 Å². The number of nitrogens with one attached hydrogen (secondary N) is 1. The SMILES string of the molecule is c1cc(OC2CCCCC2)ccc1CN1CCCC2(CCCNC2)C1. The van der Waals surface area contributed by atoms with Gasteiger partial charge in [0.05, 0.1) is 6.10 Å². The van der Waals surface area contributed by atoms with Crippen molar-refractivity contribution in [1.82, 2.24) is 10.2 Å². The topological polar surface area (TPSA) is 24.5 Å². The van der Waals surface area contributed by atoms with E-state index in [1.54, 1.807) is 0 Å². The molecule has 0 bridgehead atoms. The molecule has 1 spiro atoms. The maximum atomic E-state index is 6.17. The zero-order valence-electron chi connectivity index (χ0n) is 15.6. The van der Waals surface area contributed by atoms with Gasteiger partial charge in [-0.2, -0.15) is 0 Å². The fourth-order valence-electron chi connectivity index (χ4n) is 5.13. The van der Waals surface area contributed by atoms with E-state index in [1.165, 1.54) is 89.5 Å². The van der Waals surface area contributed by atoms with Crippen LogP contribution in [0.15, 0.2) is 24.3 Å². The first-order valence-corrected chi connectivity index (χ1v) is 10.5. The molecule has 25 heavy (non-hydrogen) atoms. The number of likely N-dealkylation sites (tertiary alicyclic amines) is 1. The molecule has 3 aliphatic rings. The van der Waals surface area contributed by atoms with Gasteiger partial charge in [-0.25, -0.2) is 0 Å². The molecule has 3 nitrogen and oxygen atoms in total. The summed E-state index contributed by atoms with van der Waals surface area (Å²) in [6, 6.07) is 8.93. The summed E-state index contributed by atoms with van der Waals surface area (Å²) in [5.41, 5.74) is 1.97. The molecule has 1 N–H and O–H groups in total. The summed E-state index contributed by atoms with van der Waals surface area (Å²) in [5, 5.41) is 3.63. The van der Waals surface area contributed by atoms with Gasteiger partial charge in [0.1, 0.15) is 5.75 Å². The van der Waals surface area contributed by atoms with E-state index < -0.39 is 0 Å². The second kappa shape index (κ2) is 8.09. The number of hydrogen-bond acceptors (Lipinski definition) is 3. The largest absolute Gasteiger partial charge is 0.490 e. The Bertz CT molecular complexity index is 524. The van der Waals surface area contributed by atoms with Gasteiger partial charge < -0.3 is 10.1 Å². The van der Waals surface area contributed by atoms with E-state index in [1.807, 2.05) is 0 Å². The normalized spacial score (nSPS) is 29.0. The molecule has 2 saturated heterocycles. The van der Waals surface area contributed by atoms with Crippen LogP contribution < -0.4 is 10.1 Å². The highest BCUT2D eigenvalue weighted by Crippen LogP contribution is 2.36. The second-order valence-electron chi connectivity index (χ2n) is 8.62. The van der Waals surface area contributed by atoms with Crippen LogP contribution in [-0.4, -0.2) is 37.2 Å². The average Bonchev–Trinajstić information content (AvgIpc) is 2.65. The Hall–Kier alpha value is -1.06. The fourth-order valence-corrected chi connectivity index (χ4v) is 5.13. The lowest BCUT2D eigenvalue weighted by atomic mass is 9.74. The van der Waals surface area contributed by atoms with E-state index in [-0.39, 0.29) is 0 Å². The fraction of sp³-hybridized carbons (Fsp3) is 0.727. The first-order valence-electron chi connectivity index (χ1n) is 10.5. The summed E-state index contributed by atoms with van der Waals surface area (Å²) in [6.07, 6.45) is 12.5. The van der Waals surface area contributed by atoms with Crippen molar-refractivity contribution in [3.63, 3.8) is 0 Å². The predicted octanol–water partition coefficient (Wildman–Crippen LogP) is 4.36. The Morgan fingerprint density at radius 2 is 1.80 bits per heavy atom.